The van der Waals surface area contributed by atoms with Crippen molar-refractivity contribution in [3.63, 3.8) is 0 Å². The summed E-state index contributed by atoms with van der Waals surface area (Å²) in [6, 6.07) is 7.04. The average molecular weight is 269 g/mol. The summed E-state index contributed by atoms with van der Waals surface area (Å²) in [5, 5.41) is 4.14. The van der Waals surface area contributed by atoms with Gasteiger partial charge in [-0.05, 0) is 30.5 Å². The average Bonchev–Trinajstić information content (AvgIpc) is 3.19. The zero-order valence-corrected chi connectivity index (χ0v) is 11.8. The maximum absolute atomic E-state index is 6.31. The van der Waals surface area contributed by atoms with Gasteiger partial charge in [0.05, 0.1) is 6.61 Å². The van der Waals surface area contributed by atoms with Gasteiger partial charge in [-0.15, -0.1) is 0 Å². The summed E-state index contributed by atoms with van der Waals surface area (Å²) >= 11 is 6.31. The predicted octanol–water partition coefficient (Wildman–Crippen LogP) is 2.67. The van der Waals surface area contributed by atoms with Crippen LogP contribution in [-0.2, 0) is 11.3 Å². The molecule has 0 unspecified atom stereocenters. The van der Waals surface area contributed by atoms with E-state index >= 15 is 0 Å². The second-order valence-electron chi connectivity index (χ2n) is 4.79. The fraction of sp³-hybridized carbons (Fsp3) is 0.571. The summed E-state index contributed by atoms with van der Waals surface area (Å²) < 4.78 is 4.99. The van der Waals surface area contributed by atoms with Crippen LogP contribution in [0.15, 0.2) is 18.2 Å². The van der Waals surface area contributed by atoms with E-state index < -0.39 is 0 Å². The van der Waals surface area contributed by atoms with Crippen molar-refractivity contribution >= 4 is 17.3 Å². The zero-order valence-electron chi connectivity index (χ0n) is 11.1. The summed E-state index contributed by atoms with van der Waals surface area (Å²) in [4.78, 5) is 2.31. The minimum atomic E-state index is 0.715. The van der Waals surface area contributed by atoms with Crippen LogP contribution in [0.4, 0.5) is 5.69 Å². The molecule has 0 bridgehead atoms. The number of hydrogen-bond donors (Lipinski definition) is 1. The van der Waals surface area contributed by atoms with Crippen LogP contribution in [0.2, 0.25) is 5.02 Å². The van der Waals surface area contributed by atoms with Gasteiger partial charge in [0, 0.05) is 44.0 Å². The molecular weight excluding hydrogens is 248 g/mol. The molecule has 18 heavy (non-hydrogen) atoms. The maximum Gasteiger partial charge on any atom is 0.0587 e. The minimum absolute atomic E-state index is 0.715. The number of rotatable bonds is 7. The first-order valence-corrected chi connectivity index (χ1v) is 6.81. The molecule has 4 heteroatoms. The van der Waals surface area contributed by atoms with Crippen LogP contribution in [0.1, 0.15) is 18.4 Å². The molecule has 0 heterocycles. The molecule has 1 saturated carbocycles. The summed E-state index contributed by atoms with van der Waals surface area (Å²) in [5.74, 6) is 0. The molecular formula is C14H21ClN2O. The Morgan fingerprint density at radius 3 is 2.83 bits per heavy atom. The maximum atomic E-state index is 6.31. The van der Waals surface area contributed by atoms with Gasteiger partial charge in [-0.3, -0.25) is 0 Å². The molecule has 0 radical (unpaired) electrons. The van der Waals surface area contributed by atoms with Crippen LogP contribution >= 0.6 is 11.6 Å². The third-order valence-electron chi connectivity index (χ3n) is 3.34. The van der Waals surface area contributed by atoms with E-state index in [0.717, 1.165) is 30.3 Å². The lowest BCUT2D eigenvalue weighted by Gasteiger charge is -2.19. The van der Waals surface area contributed by atoms with E-state index in [4.69, 9.17) is 16.3 Å². The van der Waals surface area contributed by atoms with E-state index in [0.29, 0.717) is 6.04 Å². The Morgan fingerprint density at radius 2 is 2.22 bits per heavy atom. The Morgan fingerprint density at radius 1 is 1.44 bits per heavy atom. The van der Waals surface area contributed by atoms with Crippen LogP contribution in [0.25, 0.3) is 0 Å². The van der Waals surface area contributed by atoms with E-state index in [-0.39, 0.29) is 0 Å². The number of anilines is 1. The minimum Gasteiger partial charge on any atom is -0.383 e. The van der Waals surface area contributed by atoms with E-state index in [9.17, 15) is 0 Å². The molecule has 0 aromatic heterocycles. The van der Waals surface area contributed by atoms with Gasteiger partial charge in [0.15, 0.2) is 0 Å². The SMILES string of the molecule is COCCNCc1ccc(N(C)C2CC2)cc1Cl. The van der Waals surface area contributed by atoms with Crippen LogP contribution in [0, 0.1) is 0 Å². The Hall–Kier alpha value is -0.770. The number of halogens is 1. The van der Waals surface area contributed by atoms with Crippen molar-refractivity contribution in [2.45, 2.75) is 25.4 Å². The van der Waals surface area contributed by atoms with Gasteiger partial charge in [-0.25, -0.2) is 0 Å². The second-order valence-corrected chi connectivity index (χ2v) is 5.19. The van der Waals surface area contributed by atoms with Crippen LogP contribution in [-0.4, -0.2) is 33.4 Å². The standard InChI is InChI=1S/C14H21ClN2O/c1-17(12-5-6-12)13-4-3-11(14(15)9-13)10-16-7-8-18-2/h3-4,9,12,16H,5-8,10H2,1-2H3. The first-order chi connectivity index (χ1) is 8.72. The van der Waals surface area contributed by atoms with Gasteiger partial charge in [-0.1, -0.05) is 17.7 Å². The molecule has 100 valence electrons. The van der Waals surface area contributed by atoms with Crippen molar-refractivity contribution < 1.29 is 4.74 Å². The number of hydrogen-bond acceptors (Lipinski definition) is 3. The fourth-order valence-corrected chi connectivity index (χ4v) is 2.21. The van der Waals surface area contributed by atoms with Gasteiger partial charge in [0.1, 0.15) is 0 Å². The predicted molar refractivity (Wildman–Crippen MR) is 76.5 cm³/mol. The lowest BCUT2D eigenvalue weighted by Crippen LogP contribution is -2.20. The Balaban J connectivity index is 1.92. The van der Waals surface area contributed by atoms with Crippen molar-refractivity contribution in [1.82, 2.24) is 5.32 Å². The monoisotopic (exact) mass is 268 g/mol. The van der Waals surface area contributed by atoms with Crippen LogP contribution in [0.3, 0.4) is 0 Å². The number of ether oxygens (including phenoxy) is 1. The summed E-state index contributed by atoms with van der Waals surface area (Å²) in [7, 11) is 3.84. The smallest absolute Gasteiger partial charge is 0.0587 e. The molecule has 1 N–H and O–H groups in total. The Kier molecular flexibility index (Phi) is 4.87. The van der Waals surface area contributed by atoms with Gasteiger partial charge in [0.25, 0.3) is 0 Å². The first-order valence-electron chi connectivity index (χ1n) is 6.43. The van der Waals surface area contributed by atoms with Gasteiger partial charge >= 0.3 is 0 Å². The summed E-state index contributed by atoms with van der Waals surface area (Å²) in [5.41, 5.74) is 2.35. The summed E-state index contributed by atoms with van der Waals surface area (Å²) in [6.07, 6.45) is 2.60. The normalized spacial score (nSPS) is 14.8. The highest BCUT2D eigenvalue weighted by Crippen LogP contribution is 2.32. The van der Waals surface area contributed by atoms with Crippen molar-refractivity contribution in [3.05, 3.63) is 28.8 Å². The largest absolute Gasteiger partial charge is 0.383 e. The van der Waals surface area contributed by atoms with E-state index in [2.05, 4.69) is 35.5 Å². The molecule has 1 aromatic rings. The van der Waals surface area contributed by atoms with Crippen LogP contribution in [0.5, 0.6) is 0 Å². The van der Waals surface area contributed by atoms with E-state index in [1.165, 1.54) is 18.5 Å². The molecule has 3 nitrogen and oxygen atoms in total. The molecule has 1 aliphatic rings. The number of nitrogens with zero attached hydrogens (tertiary/aromatic N) is 1. The Labute approximate surface area is 114 Å². The molecule has 0 aliphatic heterocycles. The highest BCUT2D eigenvalue weighted by atomic mass is 35.5. The lowest BCUT2D eigenvalue weighted by molar-refractivity contribution is 0.199. The molecule has 0 amide bonds. The fourth-order valence-electron chi connectivity index (χ4n) is 1.97. The van der Waals surface area contributed by atoms with Crippen molar-refractivity contribution in [1.29, 1.82) is 0 Å². The summed E-state index contributed by atoms with van der Waals surface area (Å²) in [6.45, 7) is 2.35. The Bertz CT molecular complexity index is 393. The van der Waals surface area contributed by atoms with Gasteiger partial charge in [0.2, 0.25) is 0 Å². The third-order valence-corrected chi connectivity index (χ3v) is 3.69. The van der Waals surface area contributed by atoms with Crippen molar-refractivity contribution in [2.24, 2.45) is 0 Å². The highest BCUT2D eigenvalue weighted by Gasteiger charge is 2.26. The molecule has 1 aliphatic carbocycles. The third kappa shape index (κ3) is 3.61. The second kappa shape index (κ2) is 6.41. The molecule has 0 spiro atoms. The molecule has 2 rings (SSSR count). The molecule has 1 fully saturated rings. The zero-order chi connectivity index (χ0) is 13.0. The lowest BCUT2D eigenvalue weighted by atomic mass is 10.2. The van der Waals surface area contributed by atoms with Crippen molar-refractivity contribution in [2.75, 3.05) is 32.2 Å². The number of methoxy groups -OCH3 is 1. The molecule has 0 atom stereocenters. The number of nitrogens with one attached hydrogen (secondary N) is 1. The van der Waals surface area contributed by atoms with E-state index in [1.807, 2.05) is 0 Å². The van der Waals surface area contributed by atoms with Crippen molar-refractivity contribution in [3.8, 4) is 0 Å². The first kappa shape index (κ1) is 13.7. The molecule has 0 saturated heterocycles. The highest BCUT2D eigenvalue weighted by molar-refractivity contribution is 6.31. The molecule has 1 aromatic carbocycles. The topological polar surface area (TPSA) is 24.5 Å². The quantitative estimate of drug-likeness (QED) is 0.770. The van der Waals surface area contributed by atoms with Gasteiger partial charge < -0.3 is 15.0 Å². The number of benzene rings is 1. The van der Waals surface area contributed by atoms with Crippen LogP contribution < -0.4 is 10.2 Å². The van der Waals surface area contributed by atoms with Gasteiger partial charge in [-0.2, -0.15) is 0 Å². The van der Waals surface area contributed by atoms with E-state index in [1.54, 1.807) is 7.11 Å².